The first-order valence-electron chi connectivity index (χ1n) is 16.4. The van der Waals surface area contributed by atoms with Gasteiger partial charge in [-0.15, -0.1) is 22.6 Å². The summed E-state index contributed by atoms with van der Waals surface area (Å²) in [4.78, 5) is 36.1. The number of imide groups is 1. The molecule has 2 aromatic heterocycles. The molecule has 1 saturated heterocycles. The van der Waals surface area contributed by atoms with Crippen LogP contribution in [-0.2, 0) is 20.7 Å². The van der Waals surface area contributed by atoms with Crippen LogP contribution in [0.3, 0.4) is 0 Å². The lowest BCUT2D eigenvalue weighted by Crippen LogP contribution is -2.50. The molecule has 2 unspecified atom stereocenters. The summed E-state index contributed by atoms with van der Waals surface area (Å²) in [6, 6.07) is 18.2. The van der Waals surface area contributed by atoms with Gasteiger partial charge in [-0.1, -0.05) is 24.3 Å². The number of ether oxygens (including phenoxy) is 1. The molecule has 1 aliphatic heterocycles. The Hall–Kier alpha value is -4.23. The van der Waals surface area contributed by atoms with Crippen molar-refractivity contribution in [3.63, 3.8) is 0 Å². The van der Waals surface area contributed by atoms with E-state index in [1.54, 1.807) is 24.3 Å². The Balaban J connectivity index is 0.00000451. The Morgan fingerprint density at radius 1 is 0.938 bits per heavy atom. The predicted molar refractivity (Wildman–Crippen MR) is 187 cm³/mol. The smallest absolute Gasteiger partial charge is 0.251 e. The number of carbonyl (C=O) groups excluding carboxylic acids is 2. The number of nitrogens with zero attached hydrogens (tertiary/aromatic N) is 6. The molecular formula is C35H44ClN9O3. The van der Waals surface area contributed by atoms with E-state index in [0.717, 1.165) is 48.4 Å². The van der Waals surface area contributed by atoms with Crippen LogP contribution in [0.1, 0.15) is 45.1 Å². The minimum Gasteiger partial charge on any atom is -0.372 e. The molecule has 0 radical (unpaired) electrons. The number of pyridine rings is 1. The van der Waals surface area contributed by atoms with Crippen molar-refractivity contribution < 1.29 is 14.3 Å². The first kappa shape index (κ1) is 35.1. The minimum absolute atomic E-state index is 0. The van der Waals surface area contributed by atoms with Gasteiger partial charge in [-0.2, -0.15) is 5.21 Å². The largest absolute Gasteiger partial charge is 0.372 e. The number of anilines is 2. The number of aromatic amines is 1. The monoisotopic (exact) mass is 673 g/mol. The highest BCUT2D eigenvalue weighted by molar-refractivity contribution is 6.17. The van der Waals surface area contributed by atoms with Crippen LogP contribution >= 0.6 is 12.4 Å². The summed E-state index contributed by atoms with van der Waals surface area (Å²) in [5.74, 6) is 0.857. The van der Waals surface area contributed by atoms with Crippen molar-refractivity contribution in [2.24, 2.45) is 23.3 Å². The average Bonchev–Trinajstić information content (AvgIpc) is 3.64. The molecule has 2 aromatic carbocycles. The highest BCUT2D eigenvalue weighted by Gasteiger charge is 2.35. The number of hydrogen-bond donors (Lipinski definition) is 3. The van der Waals surface area contributed by atoms with E-state index in [4.69, 9.17) is 21.2 Å². The van der Waals surface area contributed by atoms with Gasteiger partial charge < -0.3 is 21.1 Å². The molecule has 5 N–H and O–H groups in total. The fourth-order valence-corrected chi connectivity index (χ4v) is 6.68. The van der Waals surface area contributed by atoms with Gasteiger partial charge in [-0.3, -0.25) is 9.59 Å². The molecule has 3 heterocycles. The third kappa shape index (κ3) is 8.07. The molecule has 3 atom stereocenters. The number of nitrogens with two attached hydrogens (primary N) is 2. The van der Waals surface area contributed by atoms with Crippen molar-refractivity contribution in [2.75, 3.05) is 29.4 Å². The lowest BCUT2D eigenvalue weighted by Gasteiger charge is -2.36. The van der Waals surface area contributed by atoms with Crippen LogP contribution < -0.4 is 21.3 Å². The van der Waals surface area contributed by atoms with E-state index in [9.17, 15) is 9.59 Å². The van der Waals surface area contributed by atoms with E-state index in [1.807, 2.05) is 36.5 Å². The molecule has 2 fully saturated rings. The zero-order valence-corrected chi connectivity index (χ0v) is 28.2. The lowest BCUT2D eigenvalue weighted by atomic mass is 9.81. The Kier molecular flexibility index (Phi) is 11.5. The van der Waals surface area contributed by atoms with Crippen LogP contribution in [0, 0.1) is 11.8 Å². The zero-order valence-electron chi connectivity index (χ0n) is 27.4. The number of nitrogens with one attached hydrogen (secondary N) is 1. The molecule has 48 heavy (non-hydrogen) atoms. The number of halogens is 1. The first-order chi connectivity index (χ1) is 22.8. The number of amides is 2. The standard InChI is InChI=1S/C35H43N9O3.ClH/c1-22-20-43(21-23(2)47-22)32-16-13-29(19-38-32)26-7-3-24(4-8-26)17-31(37)35(46)44(34(45)28-9-5-25(18-36)6-10-28)30-14-11-27(12-15-30)33-39-41-42-40-33;/h3-4,7-8,11-16,19,22-23,25,28,31H,5-6,9-10,17-18,20-21,36-37H2,1-2H3,(H,39,40,41,42);1H/t22?,23?,25?,28?,31-;/m0./s1. The normalized spacial score (nSPS) is 21.6. The Bertz CT molecular complexity index is 1620. The van der Waals surface area contributed by atoms with Gasteiger partial charge in [-0.05, 0) is 111 Å². The quantitative estimate of drug-likeness (QED) is 0.235. The lowest BCUT2D eigenvalue weighted by molar-refractivity contribution is -0.130. The molecular weight excluding hydrogens is 630 g/mol. The van der Waals surface area contributed by atoms with Gasteiger partial charge in [0.05, 0.1) is 23.9 Å². The van der Waals surface area contributed by atoms with E-state index in [0.29, 0.717) is 42.4 Å². The molecule has 2 amide bonds. The summed E-state index contributed by atoms with van der Waals surface area (Å²) in [5.41, 5.74) is 16.5. The van der Waals surface area contributed by atoms with Gasteiger partial charge in [0.2, 0.25) is 11.7 Å². The third-order valence-corrected chi connectivity index (χ3v) is 9.25. The van der Waals surface area contributed by atoms with E-state index in [1.165, 1.54) is 4.90 Å². The number of H-pyrrole nitrogens is 1. The average molecular weight is 674 g/mol. The van der Waals surface area contributed by atoms with Gasteiger partial charge in [-0.25, -0.2) is 9.88 Å². The van der Waals surface area contributed by atoms with E-state index in [-0.39, 0.29) is 42.9 Å². The number of carbonyl (C=O) groups is 2. The van der Waals surface area contributed by atoms with Crippen molar-refractivity contribution in [3.05, 3.63) is 72.4 Å². The summed E-state index contributed by atoms with van der Waals surface area (Å²) in [7, 11) is 0. The van der Waals surface area contributed by atoms with E-state index >= 15 is 0 Å². The highest BCUT2D eigenvalue weighted by Crippen LogP contribution is 2.32. The second-order valence-electron chi connectivity index (χ2n) is 12.8. The van der Waals surface area contributed by atoms with Crippen molar-refractivity contribution in [3.8, 4) is 22.5 Å². The molecule has 4 aromatic rings. The topological polar surface area (TPSA) is 169 Å². The summed E-state index contributed by atoms with van der Waals surface area (Å²) in [6.07, 6.45) is 5.63. The van der Waals surface area contributed by atoms with Crippen molar-refractivity contribution in [2.45, 2.75) is 64.2 Å². The molecule has 6 rings (SSSR count). The molecule has 13 heteroatoms. The maximum atomic E-state index is 14.0. The number of benzene rings is 2. The molecule has 0 spiro atoms. The summed E-state index contributed by atoms with van der Waals surface area (Å²) >= 11 is 0. The maximum Gasteiger partial charge on any atom is 0.251 e. The summed E-state index contributed by atoms with van der Waals surface area (Å²) < 4.78 is 5.85. The molecule has 2 aliphatic rings. The molecule has 254 valence electrons. The fourth-order valence-electron chi connectivity index (χ4n) is 6.68. The van der Waals surface area contributed by atoms with Gasteiger partial charge in [0.1, 0.15) is 5.82 Å². The Morgan fingerprint density at radius 2 is 1.58 bits per heavy atom. The van der Waals surface area contributed by atoms with Crippen molar-refractivity contribution in [1.29, 1.82) is 0 Å². The number of aromatic nitrogens is 5. The van der Waals surface area contributed by atoms with Crippen LogP contribution in [-0.4, -0.2) is 75.3 Å². The predicted octanol–water partition coefficient (Wildman–Crippen LogP) is 4.16. The molecule has 0 bridgehead atoms. The second-order valence-corrected chi connectivity index (χ2v) is 12.8. The van der Waals surface area contributed by atoms with E-state index in [2.05, 4.69) is 45.4 Å². The first-order valence-corrected chi connectivity index (χ1v) is 16.4. The number of tetrazole rings is 1. The van der Waals surface area contributed by atoms with Gasteiger partial charge in [0, 0.05) is 36.3 Å². The maximum absolute atomic E-state index is 14.0. The van der Waals surface area contributed by atoms with Crippen LogP contribution in [0.5, 0.6) is 0 Å². The van der Waals surface area contributed by atoms with Crippen LogP contribution in [0.4, 0.5) is 11.5 Å². The summed E-state index contributed by atoms with van der Waals surface area (Å²) in [5, 5.41) is 14.1. The fraction of sp³-hybridized carbons (Fsp3) is 0.429. The second kappa shape index (κ2) is 15.8. The highest BCUT2D eigenvalue weighted by atomic mass is 35.5. The number of hydrogen-bond acceptors (Lipinski definition) is 10. The zero-order chi connectivity index (χ0) is 32.9. The molecule has 1 saturated carbocycles. The molecule has 1 aliphatic carbocycles. The number of rotatable bonds is 9. The van der Waals surface area contributed by atoms with Crippen LogP contribution in [0.2, 0.25) is 0 Å². The Labute approximate surface area is 287 Å². The Morgan fingerprint density at radius 3 is 2.17 bits per heavy atom. The van der Waals surface area contributed by atoms with Crippen molar-refractivity contribution >= 4 is 35.7 Å². The van der Waals surface area contributed by atoms with Gasteiger partial charge >= 0.3 is 0 Å². The van der Waals surface area contributed by atoms with E-state index < -0.39 is 11.9 Å². The van der Waals surface area contributed by atoms with Gasteiger partial charge in [0.15, 0.2) is 0 Å². The minimum atomic E-state index is -0.915. The molecule has 12 nitrogen and oxygen atoms in total. The van der Waals surface area contributed by atoms with Gasteiger partial charge in [0.25, 0.3) is 5.91 Å². The van der Waals surface area contributed by atoms with Crippen LogP contribution in [0.15, 0.2) is 66.9 Å². The summed E-state index contributed by atoms with van der Waals surface area (Å²) in [6.45, 7) is 6.40. The third-order valence-electron chi connectivity index (χ3n) is 9.25. The van der Waals surface area contributed by atoms with Crippen LogP contribution in [0.25, 0.3) is 22.5 Å². The number of morpholine rings is 1. The SMILES string of the molecule is CC1CN(c2ccc(-c3ccc(C[C@H](N)C(=O)N(C(=O)C4CCC(CN)CC4)c4ccc(-c5nn[nH]n5)cc4)cc3)cn2)CC(C)O1.Cl. The van der Waals surface area contributed by atoms with Crippen molar-refractivity contribution in [1.82, 2.24) is 25.6 Å².